The van der Waals surface area contributed by atoms with Crippen molar-refractivity contribution >= 4 is 39.8 Å². The lowest BCUT2D eigenvalue weighted by Gasteiger charge is -2.13. The number of cyclic esters (lactones) is 1. The molecule has 0 unspecified atom stereocenters. The first kappa shape index (κ1) is 21.7. The Morgan fingerprint density at radius 3 is 2.77 bits per heavy atom. The second-order valence-electron chi connectivity index (χ2n) is 6.33. The van der Waals surface area contributed by atoms with Gasteiger partial charge in [-0.3, -0.25) is 4.79 Å². The van der Waals surface area contributed by atoms with Gasteiger partial charge in [0.05, 0.1) is 11.1 Å². The van der Waals surface area contributed by atoms with Crippen LogP contribution < -0.4 is 9.47 Å². The Morgan fingerprint density at radius 2 is 2.07 bits per heavy atom. The highest BCUT2D eigenvalue weighted by Gasteiger charge is 2.25. The van der Waals surface area contributed by atoms with Crippen molar-refractivity contribution in [2.24, 2.45) is 4.99 Å². The van der Waals surface area contributed by atoms with Crippen LogP contribution in [0.2, 0.25) is 0 Å². The molecule has 8 heteroatoms. The third kappa shape index (κ3) is 5.13. The van der Waals surface area contributed by atoms with Crippen molar-refractivity contribution in [2.45, 2.75) is 26.7 Å². The number of benzene rings is 2. The van der Waals surface area contributed by atoms with Crippen LogP contribution in [0.25, 0.3) is 6.08 Å². The van der Waals surface area contributed by atoms with Crippen molar-refractivity contribution in [3.05, 3.63) is 63.5 Å². The highest BCUT2D eigenvalue weighted by Crippen LogP contribution is 2.38. The van der Waals surface area contributed by atoms with Crippen LogP contribution >= 0.6 is 15.9 Å². The molecule has 30 heavy (non-hydrogen) atoms. The second-order valence-corrected chi connectivity index (χ2v) is 7.19. The summed E-state index contributed by atoms with van der Waals surface area (Å²) in [6.07, 6.45) is 2.46. The molecule has 0 fully saturated rings. The monoisotopic (exact) mass is 475 g/mol. The van der Waals surface area contributed by atoms with Crippen LogP contribution in [-0.2, 0) is 14.3 Å². The van der Waals surface area contributed by atoms with Gasteiger partial charge >= 0.3 is 11.9 Å². The minimum absolute atomic E-state index is 0.0277. The molecule has 0 saturated carbocycles. The van der Waals surface area contributed by atoms with Crippen molar-refractivity contribution in [1.82, 2.24) is 0 Å². The number of rotatable bonds is 7. The molecule has 6 nitrogen and oxygen atoms in total. The van der Waals surface area contributed by atoms with Gasteiger partial charge in [0.25, 0.3) is 0 Å². The molecule has 1 aliphatic rings. The summed E-state index contributed by atoms with van der Waals surface area (Å²) in [4.78, 5) is 28.3. The molecular weight excluding hydrogens is 457 g/mol. The fourth-order valence-corrected chi connectivity index (χ4v) is 3.25. The predicted octanol–water partition coefficient (Wildman–Crippen LogP) is 5.04. The van der Waals surface area contributed by atoms with Gasteiger partial charge in [0.2, 0.25) is 5.90 Å². The number of nitrogens with zero attached hydrogens (tertiary/aromatic N) is 1. The van der Waals surface area contributed by atoms with Gasteiger partial charge in [-0.2, -0.15) is 0 Å². The number of hydrogen-bond acceptors (Lipinski definition) is 6. The molecule has 0 N–H and O–H groups in total. The topological polar surface area (TPSA) is 74.2 Å². The fourth-order valence-electron chi connectivity index (χ4n) is 2.71. The number of esters is 2. The molecule has 2 aromatic carbocycles. The number of carbonyl (C=O) groups is 2. The average Bonchev–Trinajstić information content (AvgIpc) is 3.05. The lowest BCUT2D eigenvalue weighted by molar-refractivity contribution is -0.134. The Kier molecular flexibility index (Phi) is 6.99. The quantitative estimate of drug-likeness (QED) is 0.318. The molecule has 1 heterocycles. The molecule has 3 rings (SSSR count). The molecule has 0 amide bonds. The summed E-state index contributed by atoms with van der Waals surface area (Å²) in [7, 11) is 0. The van der Waals surface area contributed by atoms with Gasteiger partial charge in [0.1, 0.15) is 5.82 Å². The zero-order valence-corrected chi connectivity index (χ0v) is 18.0. The smallest absolute Gasteiger partial charge is 0.363 e. The van der Waals surface area contributed by atoms with E-state index in [2.05, 4.69) is 20.9 Å². The van der Waals surface area contributed by atoms with Gasteiger partial charge in [-0.15, -0.1) is 0 Å². The van der Waals surface area contributed by atoms with E-state index in [0.717, 1.165) is 0 Å². The van der Waals surface area contributed by atoms with E-state index in [1.165, 1.54) is 24.3 Å². The average molecular weight is 476 g/mol. The first-order valence-electron chi connectivity index (χ1n) is 9.36. The van der Waals surface area contributed by atoms with E-state index in [0.29, 0.717) is 34.4 Å². The molecule has 0 aliphatic carbocycles. The number of halogens is 2. The van der Waals surface area contributed by atoms with E-state index in [1.54, 1.807) is 25.1 Å². The largest absolute Gasteiger partial charge is 0.490 e. The zero-order chi connectivity index (χ0) is 21.7. The Balaban J connectivity index is 1.94. The summed E-state index contributed by atoms with van der Waals surface area (Å²) in [5.41, 5.74) is 0.997. The molecular formula is C22H19BrFNO5. The van der Waals surface area contributed by atoms with Crippen LogP contribution in [0.1, 0.15) is 37.8 Å². The molecule has 156 valence electrons. The predicted molar refractivity (Wildman–Crippen MR) is 113 cm³/mol. The maximum absolute atomic E-state index is 13.4. The fraction of sp³-hybridized carbons (Fsp3) is 0.227. The third-order valence-corrected chi connectivity index (χ3v) is 4.59. The summed E-state index contributed by atoms with van der Waals surface area (Å²) in [5.74, 6) is -0.822. The third-order valence-electron chi connectivity index (χ3n) is 4.00. The molecule has 0 spiro atoms. The molecule has 0 bridgehead atoms. The number of carbonyl (C=O) groups excluding carboxylic acids is 2. The maximum atomic E-state index is 13.4. The van der Waals surface area contributed by atoms with Crippen LogP contribution in [0.5, 0.6) is 11.5 Å². The van der Waals surface area contributed by atoms with Crippen molar-refractivity contribution in [3.63, 3.8) is 0 Å². The minimum Gasteiger partial charge on any atom is -0.490 e. The van der Waals surface area contributed by atoms with Crippen LogP contribution in [0.4, 0.5) is 4.39 Å². The van der Waals surface area contributed by atoms with Crippen LogP contribution in [0.3, 0.4) is 0 Å². The van der Waals surface area contributed by atoms with Gasteiger partial charge < -0.3 is 14.2 Å². The Hall–Kier alpha value is -3.00. The van der Waals surface area contributed by atoms with E-state index in [9.17, 15) is 14.0 Å². The maximum Gasteiger partial charge on any atom is 0.363 e. The van der Waals surface area contributed by atoms with E-state index in [4.69, 9.17) is 14.2 Å². The molecule has 0 atom stereocenters. The summed E-state index contributed by atoms with van der Waals surface area (Å²) < 4.78 is 30.1. The Bertz CT molecular complexity index is 1050. The van der Waals surface area contributed by atoms with Gasteiger partial charge in [0.15, 0.2) is 17.2 Å². The van der Waals surface area contributed by atoms with E-state index < -0.39 is 11.8 Å². The summed E-state index contributed by atoms with van der Waals surface area (Å²) in [6, 6.07) is 8.94. The molecule has 1 aliphatic heterocycles. The standard InChI is InChI=1S/C22H19BrFNO5/c1-3-6-19(26)29-20-16(23)9-13(11-18(20)28-4-2)10-17-22(27)30-21(25-17)14-7-5-8-15(24)12-14/h5,7-12H,3-4,6H2,1-2H3/b17-10-. The van der Waals surface area contributed by atoms with Crippen molar-refractivity contribution in [3.8, 4) is 11.5 Å². The van der Waals surface area contributed by atoms with Crippen LogP contribution in [0.15, 0.2) is 51.6 Å². The minimum atomic E-state index is -0.651. The molecule has 0 radical (unpaired) electrons. The summed E-state index contributed by atoms with van der Waals surface area (Å²) >= 11 is 3.39. The highest BCUT2D eigenvalue weighted by atomic mass is 79.9. The summed E-state index contributed by atoms with van der Waals surface area (Å²) in [6.45, 7) is 4.05. The second kappa shape index (κ2) is 9.67. The van der Waals surface area contributed by atoms with E-state index in [1.807, 2.05) is 6.92 Å². The van der Waals surface area contributed by atoms with Crippen molar-refractivity contribution in [2.75, 3.05) is 6.61 Å². The SMILES string of the molecule is CCCC(=O)Oc1c(Br)cc(/C=C2\N=C(c3cccc(F)c3)OC2=O)cc1OCC. The van der Waals surface area contributed by atoms with Gasteiger partial charge in [-0.1, -0.05) is 13.0 Å². The first-order chi connectivity index (χ1) is 14.4. The van der Waals surface area contributed by atoms with Gasteiger partial charge in [-0.25, -0.2) is 14.2 Å². The Morgan fingerprint density at radius 1 is 1.27 bits per heavy atom. The summed E-state index contributed by atoms with van der Waals surface area (Å²) in [5, 5.41) is 0. The van der Waals surface area contributed by atoms with Crippen LogP contribution in [0, 0.1) is 5.82 Å². The molecule has 0 aromatic heterocycles. The van der Waals surface area contributed by atoms with Crippen molar-refractivity contribution in [1.29, 1.82) is 0 Å². The first-order valence-corrected chi connectivity index (χ1v) is 10.2. The van der Waals surface area contributed by atoms with Gasteiger partial charge in [-0.05, 0) is 71.2 Å². The zero-order valence-electron chi connectivity index (χ0n) is 16.4. The lowest BCUT2D eigenvalue weighted by Crippen LogP contribution is -2.09. The number of aliphatic imine (C=N–C) groups is 1. The van der Waals surface area contributed by atoms with Crippen LogP contribution in [-0.4, -0.2) is 24.4 Å². The number of ether oxygens (including phenoxy) is 3. The van der Waals surface area contributed by atoms with Gasteiger partial charge in [0, 0.05) is 12.0 Å². The molecule has 2 aromatic rings. The number of hydrogen-bond donors (Lipinski definition) is 0. The Labute approximate surface area is 181 Å². The van der Waals surface area contributed by atoms with E-state index >= 15 is 0 Å². The van der Waals surface area contributed by atoms with E-state index in [-0.39, 0.29) is 29.7 Å². The normalized spacial score (nSPS) is 14.5. The highest BCUT2D eigenvalue weighted by molar-refractivity contribution is 9.10. The lowest BCUT2D eigenvalue weighted by atomic mass is 10.1. The molecule has 0 saturated heterocycles. The van der Waals surface area contributed by atoms with Crippen molar-refractivity contribution < 1.29 is 28.2 Å².